The highest BCUT2D eigenvalue weighted by atomic mass is 35.5. The maximum atomic E-state index is 14.1. The minimum Gasteiger partial charge on any atom is -0.496 e. The Labute approximate surface area is 244 Å². The van der Waals surface area contributed by atoms with Gasteiger partial charge in [-0.2, -0.15) is 0 Å². The van der Waals surface area contributed by atoms with Crippen molar-refractivity contribution in [1.82, 2.24) is 0 Å². The molecule has 1 heterocycles. The second-order valence-electron chi connectivity index (χ2n) is 9.70. The van der Waals surface area contributed by atoms with E-state index in [1.165, 1.54) is 25.4 Å². The molecule has 0 aliphatic heterocycles. The van der Waals surface area contributed by atoms with Crippen LogP contribution >= 0.6 is 22.9 Å². The number of esters is 1. The lowest BCUT2D eigenvalue weighted by molar-refractivity contribution is -0.143. The number of nitrogens with one attached hydrogen (secondary N) is 1. The number of ether oxygens (including phenoxy) is 3. The van der Waals surface area contributed by atoms with Gasteiger partial charge in [-0.3, -0.25) is 10.1 Å². The van der Waals surface area contributed by atoms with Crippen LogP contribution in [0.2, 0.25) is 4.34 Å². The first-order valence-corrected chi connectivity index (χ1v) is 13.9. The van der Waals surface area contributed by atoms with Crippen LogP contribution in [0.15, 0.2) is 66.7 Å². The number of halogens is 3. The van der Waals surface area contributed by atoms with Crippen LogP contribution in [0.4, 0.5) is 19.3 Å². The summed E-state index contributed by atoms with van der Waals surface area (Å²) in [5, 5.41) is 2.66. The molecule has 1 amide bonds. The van der Waals surface area contributed by atoms with Gasteiger partial charge in [0.15, 0.2) is 0 Å². The maximum absolute atomic E-state index is 14.1. The van der Waals surface area contributed by atoms with Crippen LogP contribution in [-0.2, 0) is 19.7 Å². The predicted molar refractivity (Wildman–Crippen MR) is 155 cm³/mol. The van der Waals surface area contributed by atoms with Crippen molar-refractivity contribution in [3.05, 3.63) is 93.8 Å². The average Bonchev–Trinajstić information content (AvgIpc) is 3.70. The van der Waals surface area contributed by atoms with Gasteiger partial charge in [-0.05, 0) is 66.8 Å². The Balaban J connectivity index is 1.36. The Morgan fingerprint density at radius 1 is 0.976 bits per heavy atom. The summed E-state index contributed by atoms with van der Waals surface area (Å²) in [5.41, 5.74) is 3.18. The molecule has 1 aliphatic rings. The van der Waals surface area contributed by atoms with E-state index in [0.29, 0.717) is 20.7 Å². The van der Waals surface area contributed by atoms with Crippen LogP contribution in [0.1, 0.15) is 37.0 Å². The van der Waals surface area contributed by atoms with E-state index in [2.05, 4.69) is 5.32 Å². The van der Waals surface area contributed by atoms with E-state index in [1.807, 2.05) is 42.5 Å². The predicted octanol–water partition coefficient (Wildman–Crippen LogP) is 8.54. The zero-order chi connectivity index (χ0) is 29.3. The van der Waals surface area contributed by atoms with Crippen LogP contribution in [-0.4, -0.2) is 26.3 Å². The van der Waals surface area contributed by atoms with Gasteiger partial charge in [0.2, 0.25) is 0 Å². The molecule has 3 aromatic carbocycles. The van der Waals surface area contributed by atoms with Gasteiger partial charge in [0.25, 0.3) is 0 Å². The molecule has 4 aromatic rings. The summed E-state index contributed by atoms with van der Waals surface area (Å²) in [6.45, 7) is 1.45. The lowest BCUT2D eigenvalue weighted by Gasteiger charge is -2.16. The fourth-order valence-electron chi connectivity index (χ4n) is 4.83. The molecule has 0 unspecified atom stereocenters. The third-order valence-electron chi connectivity index (χ3n) is 7.16. The second kappa shape index (κ2) is 11.5. The van der Waals surface area contributed by atoms with Crippen LogP contribution in [0.3, 0.4) is 0 Å². The molecule has 0 bridgehead atoms. The molecule has 5 rings (SSSR count). The van der Waals surface area contributed by atoms with E-state index in [-0.39, 0.29) is 11.5 Å². The lowest BCUT2D eigenvalue weighted by atomic mass is 9.93. The number of amides is 1. The molecule has 0 saturated heterocycles. The molecule has 1 saturated carbocycles. The molecule has 1 fully saturated rings. The van der Waals surface area contributed by atoms with Crippen LogP contribution in [0.5, 0.6) is 5.75 Å². The normalized spacial score (nSPS) is 14.2. The van der Waals surface area contributed by atoms with Gasteiger partial charge < -0.3 is 14.2 Å². The van der Waals surface area contributed by atoms with Crippen LogP contribution in [0.25, 0.3) is 21.6 Å². The SMILES string of the molecule is COC(=O)C1(c2ccc(-c3ccc(-c4sc(Cl)cc4NC(=O)O[C@H](C)c4cc(F)ccc4F)cc3OC)cc2)CC1. The van der Waals surface area contributed by atoms with Gasteiger partial charge in [-0.15, -0.1) is 11.3 Å². The third kappa shape index (κ3) is 5.78. The molecule has 1 atom stereocenters. The van der Waals surface area contributed by atoms with Crippen molar-refractivity contribution in [3.8, 4) is 27.3 Å². The molecule has 10 heteroatoms. The number of thiophene rings is 1. The molecular formula is C31H26ClF2NO5S. The Kier molecular flexibility index (Phi) is 8.02. The number of hydrogen-bond acceptors (Lipinski definition) is 6. The van der Waals surface area contributed by atoms with Crippen molar-refractivity contribution in [2.24, 2.45) is 0 Å². The smallest absolute Gasteiger partial charge is 0.412 e. The average molecular weight is 598 g/mol. The first-order valence-electron chi connectivity index (χ1n) is 12.7. The molecule has 1 N–H and O–H groups in total. The zero-order valence-corrected chi connectivity index (χ0v) is 24.0. The number of hydrogen-bond donors (Lipinski definition) is 1. The van der Waals surface area contributed by atoms with Gasteiger partial charge in [-0.1, -0.05) is 48.0 Å². The van der Waals surface area contributed by atoms with E-state index in [0.717, 1.165) is 53.3 Å². The van der Waals surface area contributed by atoms with Crippen molar-refractivity contribution in [2.45, 2.75) is 31.3 Å². The molecule has 0 radical (unpaired) electrons. The fraction of sp³-hybridized carbons (Fsp3) is 0.226. The fourth-order valence-corrected chi connectivity index (χ4v) is 6.01. The molecular weight excluding hydrogens is 572 g/mol. The summed E-state index contributed by atoms with van der Waals surface area (Å²) in [6, 6.07) is 18.0. The Morgan fingerprint density at radius 2 is 1.68 bits per heavy atom. The summed E-state index contributed by atoms with van der Waals surface area (Å²) >= 11 is 7.55. The zero-order valence-electron chi connectivity index (χ0n) is 22.4. The highest BCUT2D eigenvalue weighted by molar-refractivity contribution is 7.20. The van der Waals surface area contributed by atoms with Gasteiger partial charge >= 0.3 is 12.1 Å². The third-order valence-corrected chi connectivity index (χ3v) is 8.47. The minimum absolute atomic E-state index is 0.0744. The number of carbonyl (C=O) groups is 2. The quantitative estimate of drug-likeness (QED) is 0.206. The largest absolute Gasteiger partial charge is 0.496 e. The molecule has 6 nitrogen and oxygen atoms in total. The number of carbonyl (C=O) groups excluding carboxylic acids is 2. The highest BCUT2D eigenvalue weighted by Gasteiger charge is 2.52. The lowest BCUT2D eigenvalue weighted by Crippen LogP contribution is -2.21. The van der Waals surface area contributed by atoms with E-state index >= 15 is 0 Å². The molecule has 212 valence electrons. The molecule has 1 aromatic heterocycles. The van der Waals surface area contributed by atoms with Crippen molar-refractivity contribution in [3.63, 3.8) is 0 Å². The molecule has 0 spiro atoms. The number of benzene rings is 3. The second-order valence-corrected chi connectivity index (χ2v) is 11.4. The number of anilines is 1. The van der Waals surface area contributed by atoms with E-state index in [4.69, 9.17) is 25.8 Å². The van der Waals surface area contributed by atoms with Crippen molar-refractivity contribution in [1.29, 1.82) is 0 Å². The summed E-state index contributed by atoms with van der Waals surface area (Å²) in [7, 11) is 2.97. The Bertz CT molecular complexity index is 1620. The Morgan fingerprint density at radius 3 is 2.34 bits per heavy atom. The van der Waals surface area contributed by atoms with Gasteiger partial charge in [0, 0.05) is 11.1 Å². The Hall–Kier alpha value is -3.95. The van der Waals surface area contributed by atoms with Crippen molar-refractivity contribution >= 4 is 40.7 Å². The summed E-state index contributed by atoms with van der Waals surface area (Å²) in [4.78, 5) is 25.6. The van der Waals surface area contributed by atoms with Gasteiger partial charge in [0.05, 0.1) is 34.5 Å². The summed E-state index contributed by atoms with van der Waals surface area (Å²) in [6.07, 6.45) is -0.340. The standard InChI is InChI=1S/C31H26ClF2NO5S/c1-17(23-15-21(33)9-11-24(23)34)40-30(37)35-25-16-27(32)41-28(25)19-6-10-22(26(14-19)38-2)18-4-7-20(8-5-18)31(12-13-31)29(36)39-3/h4-11,14-17H,12-13H2,1-3H3,(H,35,37)/t17-/m1/s1. The monoisotopic (exact) mass is 597 g/mol. The van der Waals surface area contributed by atoms with E-state index in [1.54, 1.807) is 13.2 Å². The van der Waals surface area contributed by atoms with Crippen LogP contribution in [0, 0.1) is 11.6 Å². The topological polar surface area (TPSA) is 73.9 Å². The first-order chi connectivity index (χ1) is 19.6. The summed E-state index contributed by atoms with van der Waals surface area (Å²) in [5.74, 6) is -0.933. The van der Waals surface area contributed by atoms with Gasteiger partial charge in [0.1, 0.15) is 23.5 Å². The van der Waals surface area contributed by atoms with E-state index in [9.17, 15) is 18.4 Å². The maximum Gasteiger partial charge on any atom is 0.412 e. The number of rotatable bonds is 8. The number of methoxy groups -OCH3 is 2. The molecule has 1 aliphatic carbocycles. The van der Waals surface area contributed by atoms with Crippen molar-refractivity contribution < 1.29 is 32.6 Å². The molecule has 41 heavy (non-hydrogen) atoms. The first kappa shape index (κ1) is 28.6. The van der Waals surface area contributed by atoms with Crippen molar-refractivity contribution in [2.75, 3.05) is 19.5 Å². The van der Waals surface area contributed by atoms with E-state index < -0.39 is 29.2 Å². The van der Waals surface area contributed by atoms with Gasteiger partial charge in [-0.25, -0.2) is 13.6 Å². The summed E-state index contributed by atoms with van der Waals surface area (Å²) < 4.78 is 44.1. The minimum atomic E-state index is -1.03. The highest BCUT2D eigenvalue weighted by Crippen LogP contribution is 2.50. The van der Waals surface area contributed by atoms with Crippen LogP contribution < -0.4 is 10.1 Å².